The zero-order valence-electron chi connectivity index (χ0n) is 12.4. The fourth-order valence-corrected chi connectivity index (χ4v) is 2.26. The lowest BCUT2D eigenvalue weighted by Gasteiger charge is -2.34. The van der Waals surface area contributed by atoms with E-state index in [1.54, 1.807) is 11.9 Å². The van der Waals surface area contributed by atoms with Crippen LogP contribution in [0.25, 0.3) is 0 Å². The second kappa shape index (κ2) is 6.61. The van der Waals surface area contributed by atoms with Gasteiger partial charge in [0, 0.05) is 24.7 Å². The molecule has 4 N–H and O–H groups in total. The number of carbonyl (C=O) groups is 1. The Labute approximate surface area is 120 Å². The molecule has 112 valence electrons. The van der Waals surface area contributed by atoms with Gasteiger partial charge in [-0.2, -0.15) is 0 Å². The van der Waals surface area contributed by atoms with Crippen molar-refractivity contribution in [1.82, 2.24) is 4.90 Å². The third-order valence-electron chi connectivity index (χ3n) is 4.02. The van der Waals surface area contributed by atoms with E-state index in [0.717, 1.165) is 12.8 Å². The van der Waals surface area contributed by atoms with E-state index in [-0.39, 0.29) is 29.2 Å². The second-order valence-electron chi connectivity index (χ2n) is 5.30. The number of phenolic OH excluding ortho intramolecular Hbond substituents is 1. The molecule has 0 heterocycles. The number of nitrogen functional groups attached to an aromatic ring is 1. The molecule has 20 heavy (non-hydrogen) atoms. The number of aliphatic hydroxyl groups excluding tert-OH is 1. The number of nitrogens with two attached hydrogens (primary N) is 1. The highest BCUT2D eigenvalue weighted by atomic mass is 16.3. The molecule has 0 aliphatic rings. The van der Waals surface area contributed by atoms with Gasteiger partial charge in [-0.25, -0.2) is 0 Å². The van der Waals surface area contributed by atoms with E-state index < -0.39 is 0 Å². The maximum absolute atomic E-state index is 12.4. The summed E-state index contributed by atoms with van der Waals surface area (Å²) >= 11 is 0. The smallest absolute Gasteiger partial charge is 0.255 e. The Morgan fingerprint density at radius 3 is 2.45 bits per heavy atom. The van der Waals surface area contributed by atoms with Crippen molar-refractivity contribution in [2.75, 3.05) is 25.9 Å². The minimum absolute atomic E-state index is 0.00959. The summed E-state index contributed by atoms with van der Waals surface area (Å²) in [6.07, 6.45) is 1.57. The van der Waals surface area contributed by atoms with Crippen molar-refractivity contribution < 1.29 is 15.0 Å². The number of aliphatic hydroxyl groups is 1. The highest BCUT2D eigenvalue weighted by molar-refractivity contribution is 5.99. The Morgan fingerprint density at radius 2 is 1.95 bits per heavy atom. The molecule has 0 radical (unpaired) electrons. The fraction of sp³-hybridized carbons (Fsp3) is 0.533. The van der Waals surface area contributed by atoms with E-state index in [1.165, 1.54) is 18.2 Å². The van der Waals surface area contributed by atoms with Crippen LogP contribution in [0, 0.1) is 5.41 Å². The van der Waals surface area contributed by atoms with E-state index in [2.05, 4.69) is 0 Å². The number of aromatic hydroxyl groups is 1. The number of hydrogen-bond donors (Lipinski definition) is 3. The molecule has 0 fully saturated rings. The summed E-state index contributed by atoms with van der Waals surface area (Å²) in [5, 5.41) is 19.0. The number of rotatable bonds is 6. The molecule has 5 heteroatoms. The monoisotopic (exact) mass is 280 g/mol. The minimum Gasteiger partial charge on any atom is -0.508 e. The molecule has 1 amide bonds. The van der Waals surface area contributed by atoms with Crippen LogP contribution in [0.1, 0.15) is 37.0 Å². The Kier molecular flexibility index (Phi) is 5.39. The van der Waals surface area contributed by atoms with Crippen LogP contribution >= 0.6 is 0 Å². The molecule has 5 nitrogen and oxygen atoms in total. The van der Waals surface area contributed by atoms with Gasteiger partial charge in [0.15, 0.2) is 0 Å². The molecular weight excluding hydrogens is 256 g/mol. The van der Waals surface area contributed by atoms with Gasteiger partial charge in [-0.05, 0) is 31.0 Å². The van der Waals surface area contributed by atoms with Gasteiger partial charge in [0.1, 0.15) is 5.75 Å². The molecule has 1 aromatic rings. The quantitative estimate of drug-likeness (QED) is 0.548. The van der Waals surface area contributed by atoms with Crippen LogP contribution < -0.4 is 5.73 Å². The van der Waals surface area contributed by atoms with E-state index in [4.69, 9.17) is 5.73 Å². The van der Waals surface area contributed by atoms with Crippen LogP contribution in [-0.2, 0) is 0 Å². The largest absolute Gasteiger partial charge is 0.508 e. The summed E-state index contributed by atoms with van der Waals surface area (Å²) in [7, 11) is 1.68. The number of benzene rings is 1. The molecule has 0 saturated heterocycles. The number of hydrogen-bond acceptors (Lipinski definition) is 4. The predicted molar refractivity (Wildman–Crippen MR) is 79.6 cm³/mol. The first-order valence-corrected chi connectivity index (χ1v) is 6.84. The summed E-state index contributed by atoms with van der Waals surface area (Å²) < 4.78 is 0. The second-order valence-corrected chi connectivity index (χ2v) is 5.30. The SMILES string of the molecule is CCC(CC)(CO)CN(C)C(=O)c1cc(O)ccc1N. The zero-order chi connectivity index (χ0) is 15.3. The topological polar surface area (TPSA) is 86.8 Å². The van der Waals surface area contributed by atoms with E-state index in [1.807, 2.05) is 13.8 Å². The van der Waals surface area contributed by atoms with Gasteiger partial charge in [-0.1, -0.05) is 13.8 Å². The average molecular weight is 280 g/mol. The number of carbonyl (C=O) groups excluding carboxylic acids is 1. The molecule has 0 bridgehead atoms. The van der Waals surface area contributed by atoms with Gasteiger partial charge in [-0.15, -0.1) is 0 Å². The van der Waals surface area contributed by atoms with Gasteiger partial charge < -0.3 is 20.8 Å². The van der Waals surface area contributed by atoms with Gasteiger partial charge in [-0.3, -0.25) is 4.79 Å². The van der Waals surface area contributed by atoms with Gasteiger partial charge in [0.2, 0.25) is 0 Å². The summed E-state index contributed by atoms with van der Waals surface area (Å²) in [6.45, 7) is 4.49. The fourth-order valence-electron chi connectivity index (χ4n) is 2.26. The number of phenols is 1. The lowest BCUT2D eigenvalue weighted by atomic mass is 9.82. The van der Waals surface area contributed by atoms with Crippen LogP contribution in [-0.4, -0.2) is 41.2 Å². The predicted octanol–water partition coefficient (Wildman–Crippen LogP) is 1.85. The van der Waals surface area contributed by atoms with Gasteiger partial charge in [0.05, 0.1) is 12.2 Å². The molecular formula is C15H24N2O3. The standard InChI is InChI=1S/C15H24N2O3/c1-4-15(5-2,10-18)9-17(3)14(20)12-8-11(19)6-7-13(12)16/h6-8,18-19H,4-5,9-10,16H2,1-3H3. The number of amides is 1. The Hall–Kier alpha value is -1.75. The molecule has 0 saturated carbocycles. The first kappa shape index (κ1) is 16.3. The maximum atomic E-state index is 12.4. The van der Waals surface area contributed by atoms with Crippen LogP contribution in [0.2, 0.25) is 0 Å². The van der Waals surface area contributed by atoms with Gasteiger partial charge in [0.25, 0.3) is 5.91 Å². The average Bonchev–Trinajstić information content (AvgIpc) is 2.46. The first-order chi connectivity index (χ1) is 9.39. The van der Waals surface area contributed by atoms with Crippen LogP contribution in [0.3, 0.4) is 0 Å². The number of anilines is 1. The van der Waals surface area contributed by atoms with Crippen molar-refractivity contribution in [3.63, 3.8) is 0 Å². The minimum atomic E-state index is -0.296. The van der Waals surface area contributed by atoms with E-state index in [9.17, 15) is 15.0 Å². The van der Waals surface area contributed by atoms with Crippen molar-refractivity contribution in [2.24, 2.45) is 5.41 Å². The normalized spacial score (nSPS) is 11.4. The Balaban J connectivity index is 2.94. The summed E-state index contributed by atoms with van der Waals surface area (Å²) in [6, 6.07) is 4.32. The lowest BCUT2D eigenvalue weighted by Crippen LogP contribution is -2.40. The Morgan fingerprint density at radius 1 is 1.35 bits per heavy atom. The molecule has 0 aliphatic heterocycles. The molecule has 0 aromatic heterocycles. The van der Waals surface area contributed by atoms with Crippen molar-refractivity contribution in [3.8, 4) is 5.75 Å². The van der Waals surface area contributed by atoms with Crippen LogP contribution in [0.4, 0.5) is 5.69 Å². The molecule has 1 aromatic carbocycles. The Bertz CT molecular complexity index is 462. The molecule has 0 unspecified atom stereocenters. The summed E-state index contributed by atoms with van der Waals surface area (Å²) in [4.78, 5) is 13.9. The van der Waals surface area contributed by atoms with Crippen LogP contribution in [0.5, 0.6) is 5.75 Å². The lowest BCUT2D eigenvalue weighted by molar-refractivity contribution is 0.0545. The third kappa shape index (κ3) is 3.42. The molecule has 1 rings (SSSR count). The van der Waals surface area contributed by atoms with E-state index in [0.29, 0.717) is 12.2 Å². The zero-order valence-corrected chi connectivity index (χ0v) is 12.4. The summed E-state index contributed by atoms with van der Waals surface area (Å²) in [5.74, 6) is -0.242. The van der Waals surface area contributed by atoms with Crippen molar-refractivity contribution in [2.45, 2.75) is 26.7 Å². The highest BCUT2D eigenvalue weighted by Crippen LogP contribution is 2.28. The highest BCUT2D eigenvalue weighted by Gasteiger charge is 2.29. The maximum Gasteiger partial charge on any atom is 0.255 e. The molecule has 0 spiro atoms. The molecule has 0 atom stereocenters. The molecule has 0 aliphatic carbocycles. The number of nitrogens with zero attached hydrogens (tertiary/aromatic N) is 1. The van der Waals surface area contributed by atoms with Gasteiger partial charge >= 0.3 is 0 Å². The summed E-state index contributed by atoms with van der Waals surface area (Å²) in [5.41, 5.74) is 6.11. The van der Waals surface area contributed by atoms with Crippen molar-refractivity contribution in [3.05, 3.63) is 23.8 Å². The third-order valence-corrected chi connectivity index (χ3v) is 4.02. The first-order valence-electron chi connectivity index (χ1n) is 6.84. The van der Waals surface area contributed by atoms with Crippen molar-refractivity contribution in [1.29, 1.82) is 0 Å². The van der Waals surface area contributed by atoms with Crippen LogP contribution in [0.15, 0.2) is 18.2 Å². The van der Waals surface area contributed by atoms with Crippen molar-refractivity contribution >= 4 is 11.6 Å². The van der Waals surface area contributed by atoms with E-state index >= 15 is 0 Å².